The average Bonchev–Trinajstić information content (AvgIpc) is 2.25. The van der Waals surface area contributed by atoms with E-state index in [0.717, 1.165) is 6.08 Å². The van der Waals surface area contributed by atoms with E-state index in [1.807, 2.05) is 0 Å². The number of ether oxygens (including phenoxy) is 1. The highest BCUT2D eigenvalue weighted by molar-refractivity contribution is 5.68. The van der Waals surface area contributed by atoms with Gasteiger partial charge in [-0.1, -0.05) is 6.08 Å². The summed E-state index contributed by atoms with van der Waals surface area (Å²) in [6.07, 6.45) is -4.26. The summed E-state index contributed by atoms with van der Waals surface area (Å²) in [5, 5.41) is 0. The van der Waals surface area contributed by atoms with Gasteiger partial charge in [0, 0.05) is 13.1 Å². The molecule has 110 valence electrons. The fourth-order valence-corrected chi connectivity index (χ4v) is 2.02. The van der Waals surface area contributed by atoms with Crippen molar-refractivity contribution in [2.24, 2.45) is 5.41 Å². The molecule has 0 aliphatic carbocycles. The Bertz CT molecular complexity index is 350. The Labute approximate surface area is 111 Å². The van der Waals surface area contributed by atoms with E-state index in [1.54, 1.807) is 20.8 Å². The lowest BCUT2D eigenvalue weighted by atomic mass is 9.78. The van der Waals surface area contributed by atoms with Crippen LogP contribution in [0.4, 0.5) is 18.0 Å². The van der Waals surface area contributed by atoms with Crippen molar-refractivity contribution in [2.45, 2.75) is 45.4 Å². The molecule has 0 aromatic rings. The molecule has 0 aromatic carbocycles. The van der Waals surface area contributed by atoms with Crippen LogP contribution in [0.1, 0.15) is 33.6 Å². The van der Waals surface area contributed by atoms with E-state index in [2.05, 4.69) is 6.58 Å². The van der Waals surface area contributed by atoms with Crippen molar-refractivity contribution in [3.05, 3.63) is 12.7 Å². The van der Waals surface area contributed by atoms with Crippen LogP contribution in [-0.2, 0) is 4.74 Å². The van der Waals surface area contributed by atoms with Crippen LogP contribution in [0, 0.1) is 5.41 Å². The molecule has 0 aromatic heterocycles. The third-order valence-electron chi connectivity index (χ3n) is 3.26. The molecule has 0 bridgehead atoms. The number of carbonyl (C=O) groups is 1. The highest BCUT2D eigenvalue weighted by Gasteiger charge is 2.54. The minimum Gasteiger partial charge on any atom is -0.444 e. The van der Waals surface area contributed by atoms with Crippen molar-refractivity contribution in [1.29, 1.82) is 0 Å². The molecule has 0 spiro atoms. The molecule has 19 heavy (non-hydrogen) atoms. The summed E-state index contributed by atoms with van der Waals surface area (Å²) in [4.78, 5) is 13.1. The number of amides is 1. The molecule has 1 saturated heterocycles. The standard InChI is InChI=1S/C13H20F3NO2/c1-5-12(13(14,15)16)6-8-17(9-7-12)10(18)19-11(2,3)4/h5H,1,6-9H2,2-4H3. The van der Waals surface area contributed by atoms with E-state index in [-0.39, 0.29) is 25.9 Å². The second-order valence-corrected chi connectivity index (χ2v) is 5.83. The van der Waals surface area contributed by atoms with E-state index < -0.39 is 23.3 Å². The maximum atomic E-state index is 13.0. The predicted molar refractivity (Wildman–Crippen MR) is 65.7 cm³/mol. The summed E-state index contributed by atoms with van der Waals surface area (Å²) in [5.74, 6) is 0. The largest absolute Gasteiger partial charge is 0.444 e. The van der Waals surface area contributed by atoms with Crippen LogP contribution in [0.2, 0.25) is 0 Å². The smallest absolute Gasteiger partial charge is 0.410 e. The number of halogens is 3. The van der Waals surface area contributed by atoms with Gasteiger partial charge in [-0.15, -0.1) is 6.58 Å². The molecule has 1 fully saturated rings. The second kappa shape index (κ2) is 5.06. The van der Waals surface area contributed by atoms with Gasteiger partial charge < -0.3 is 9.64 Å². The third-order valence-corrected chi connectivity index (χ3v) is 3.26. The molecule has 1 heterocycles. The number of piperidine rings is 1. The highest BCUT2D eigenvalue weighted by Crippen LogP contribution is 2.47. The number of alkyl halides is 3. The van der Waals surface area contributed by atoms with Crippen LogP contribution in [0.5, 0.6) is 0 Å². The number of allylic oxidation sites excluding steroid dienone is 1. The van der Waals surface area contributed by atoms with E-state index in [9.17, 15) is 18.0 Å². The van der Waals surface area contributed by atoms with Crippen LogP contribution < -0.4 is 0 Å². The van der Waals surface area contributed by atoms with Gasteiger partial charge in [0.25, 0.3) is 0 Å². The molecule has 0 atom stereocenters. The topological polar surface area (TPSA) is 29.5 Å². The summed E-state index contributed by atoms with van der Waals surface area (Å²) >= 11 is 0. The van der Waals surface area contributed by atoms with E-state index >= 15 is 0 Å². The van der Waals surface area contributed by atoms with Crippen molar-refractivity contribution < 1.29 is 22.7 Å². The Morgan fingerprint density at radius 2 is 1.74 bits per heavy atom. The Morgan fingerprint density at radius 3 is 2.05 bits per heavy atom. The first-order chi connectivity index (χ1) is 8.51. The van der Waals surface area contributed by atoms with Crippen molar-refractivity contribution in [1.82, 2.24) is 4.90 Å². The van der Waals surface area contributed by atoms with E-state index in [4.69, 9.17) is 4.74 Å². The van der Waals surface area contributed by atoms with Crippen LogP contribution in [0.25, 0.3) is 0 Å². The fraction of sp³-hybridized carbons (Fsp3) is 0.769. The molecule has 0 saturated carbocycles. The van der Waals surface area contributed by atoms with Crippen LogP contribution in [0.3, 0.4) is 0 Å². The lowest BCUT2D eigenvalue weighted by molar-refractivity contribution is -0.217. The van der Waals surface area contributed by atoms with Gasteiger partial charge in [0.15, 0.2) is 0 Å². The number of likely N-dealkylation sites (tertiary alicyclic amines) is 1. The van der Waals surface area contributed by atoms with Crippen LogP contribution >= 0.6 is 0 Å². The zero-order valence-electron chi connectivity index (χ0n) is 11.5. The number of nitrogens with zero attached hydrogens (tertiary/aromatic N) is 1. The minimum absolute atomic E-state index is 0.0282. The normalized spacial score (nSPS) is 20.0. The Morgan fingerprint density at radius 1 is 1.26 bits per heavy atom. The van der Waals surface area contributed by atoms with Crippen molar-refractivity contribution >= 4 is 6.09 Å². The van der Waals surface area contributed by atoms with Gasteiger partial charge in [-0.25, -0.2) is 4.79 Å². The van der Waals surface area contributed by atoms with E-state index in [1.165, 1.54) is 4.90 Å². The van der Waals surface area contributed by atoms with Gasteiger partial charge >= 0.3 is 12.3 Å². The van der Waals surface area contributed by atoms with Gasteiger partial charge in [0.1, 0.15) is 5.60 Å². The average molecular weight is 279 g/mol. The molecular formula is C13H20F3NO2. The first-order valence-corrected chi connectivity index (χ1v) is 6.19. The molecule has 1 amide bonds. The molecule has 0 radical (unpaired) electrons. The number of hydrogen-bond donors (Lipinski definition) is 0. The van der Waals surface area contributed by atoms with Crippen LogP contribution in [-0.4, -0.2) is 35.9 Å². The maximum Gasteiger partial charge on any atom is 0.410 e. The summed E-state index contributed by atoms with van der Waals surface area (Å²) in [6, 6.07) is 0. The van der Waals surface area contributed by atoms with Gasteiger partial charge in [0.2, 0.25) is 0 Å². The Kier molecular flexibility index (Phi) is 4.22. The van der Waals surface area contributed by atoms with Crippen molar-refractivity contribution in [3.63, 3.8) is 0 Å². The molecule has 0 unspecified atom stereocenters. The molecular weight excluding hydrogens is 259 g/mol. The fourth-order valence-electron chi connectivity index (χ4n) is 2.02. The second-order valence-electron chi connectivity index (χ2n) is 5.83. The van der Waals surface area contributed by atoms with Crippen molar-refractivity contribution in [3.8, 4) is 0 Å². The molecule has 6 heteroatoms. The quantitative estimate of drug-likeness (QED) is 0.684. The summed E-state index contributed by atoms with van der Waals surface area (Å²) in [6.45, 7) is 8.52. The first-order valence-electron chi connectivity index (χ1n) is 6.19. The summed E-state index contributed by atoms with van der Waals surface area (Å²) in [5.41, 5.74) is -2.53. The van der Waals surface area contributed by atoms with E-state index in [0.29, 0.717) is 0 Å². The minimum atomic E-state index is -4.32. The lowest BCUT2D eigenvalue weighted by Gasteiger charge is -2.41. The summed E-state index contributed by atoms with van der Waals surface area (Å²) in [7, 11) is 0. The lowest BCUT2D eigenvalue weighted by Crippen LogP contribution is -2.49. The van der Waals surface area contributed by atoms with Gasteiger partial charge in [0.05, 0.1) is 5.41 Å². The SMILES string of the molecule is C=CC1(C(F)(F)F)CCN(C(=O)OC(C)(C)C)CC1. The third kappa shape index (κ3) is 3.64. The number of carbonyl (C=O) groups excluding carboxylic acids is 1. The van der Waals surface area contributed by atoms with Crippen molar-refractivity contribution in [2.75, 3.05) is 13.1 Å². The monoisotopic (exact) mass is 279 g/mol. The number of rotatable bonds is 1. The molecule has 0 N–H and O–H groups in total. The molecule has 3 nitrogen and oxygen atoms in total. The summed E-state index contributed by atoms with van der Waals surface area (Å²) < 4.78 is 44.1. The molecule has 1 aliphatic rings. The predicted octanol–water partition coefficient (Wildman–Crippen LogP) is 3.75. The molecule has 1 rings (SSSR count). The maximum absolute atomic E-state index is 13.0. The Hall–Kier alpha value is -1.20. The zero-order chi connectivity index (χ0) is 14.9. The zero-order valence-corrected chi connectivity index (χ0v) is 11.5. The van der Waals surface area contributed by atoms with Gasteiger partial charge in [-0.05, 0) is 33.6 Å². The Balaban J connectivity index is 2.67. The first kappa shape index (κ1) is 15.9. The highest BCUT2D eigenvalue weighted by atomic mass is 19.4. The number of hydrogen-bond acceptors (Lipinski definition) is 2. The van der Waals surface area contributed by atoms with Crippen LogP contribution in [0.15, 0.2) is 12.7 Å². The van der Waals surface area contributed by atoms with Gasteiger partial charge in [-0.3, -0.25) is 0 Å². The molecule has 1 aliphatic heterocycles. The van der Waals surface area contributed by atoms with Gasteiger partial charge in [-0.2, -0.15) is 13.2 Å².